The molecule has 140 valence electrons. The molecule has 2 nitrogen and oxygen atoms in total. The minimum atomic E-state index is -4.48. The van der Waals surface area contributed by atoms with Gasteiger partial charge in [0, 0.05) is 0 Å². The van der Waals surface area contributed by atoms with Gasteiger partial charge >= 0.3 is 165 Å². The molecule has 0 N–H and O–H groups in total. The molecular formula is C22H13F3O2Se. The van der Waals surface area contributed by atoms with Crippen LogP contribution in [-0.2, 0) is 6.18 Å². The van der Waals surface area contributed by atoms with Crippen molar-refractivity contribution in [2.45, 2.75) is 6.18 Å². The first-order valence-electron chi connectivity index (χ1n) is 8.40. The molecule has 28 heavy (non-hydrogen) atoms. The average molecular weight is 445 g/mol. The van der Waals surface area contributed by atoms with E-state index in [-0.39, 0.29) is 11.0 Å². The van der Waals surface area contributed by atoms with E-state index in [1.807, 2.05) is 36.4 Å². The third kappa shape index (κ3) is 3.61. The number of halogens is 3. The molecule has 0 bridgehead atoms. The Morgan fingerprint density at radius 1 is 0.821 bits per heavy atom. The molecular weight excluding hydrogens is 432 g/mol. The Labute approximate surface area is 164 Å². The van der Waals surface area contributed by atoms with E-state index in [0.29, 0.717) is 15.6 Å². The predicted octanol–water partition coefficient (Wildman–Crippen LogP) is 4.13. The normalized spacial score (nSPS) is 11.7. The Morgan fingerprint density at radius 3 is 2.11 bits per heavy atom. The van der Waals surface area contributed by atoms with Crippen LogP contribution < -0.4 is 14.5 Å². The first kappa shape index (κ1) is 18.5. The van der Waals surface area contributed by atoms with Crippen LogP contribution in [0.15, 0.2) is 88.1 Å². The Kier molecular flexibility index (Phi) is 4.83. The molecule has 0 spiro atoms. The zero-order valence-electron chi connectivity index (χ0n) is 14.4. The molecule has 0 unspecified atom stereocenters. The molecule has 0 aliphatic heterocycles. The summed E-state index contributed by atoms with van der Waals surface area (Å²) in [6.45, 7) is 0. The molecule has 6 heteroatoms. The summed E-state index contributed by atoms with van der Waals surface area (Å²) in [5.74, 6) is 0. The predicted molar refractivity (Wildman–Crippen MR) is 104 cm³/mol. The first-order valence-corrected chi connectivity index (χ1v) is 10.1. The van der Waals surface area contributed by atoms with Gasteiger partial charge in [0.05, 0.1) is 0 Å². The van der Waals surface area contributed by atoms with Crippen molar-refractivity contribution in [2.75, 3.05) is 0 Å². The van der Waals surface area contributed by atoms with E-state index in [1.54, 1.807) is 24.3 Å². The summed E-state index contributed by atoms with van der Waals surface area (Å²) in [6.07, 6.45) is -4.48. The van der Waals surface area contributed by atoms with Crippen molar-refractivity contribution in [1.29, 1.82) is 0 Å². The van der Waals surface area contributed by atoms with E-state index in [1.165, 1.54) is 6.07 Å². The van der Waals surface area contributed by atoms with Crippen molar-refractivity contribution in [3.63, 3.8) is 0 Å². The Morgan fingerprint density at radius 2 is 1.46 bits per heavy atom. The van der Waals surface area contributed by atoms with Crippen LogP contribution in [0.5, 0.6) is 0 Å². The van der Waals surface area contributed by atoms with E-state index >= 15 is 0 Å². The van der Waals surface area contributed by atoms with E-state index in [2.05, 4.69) is 0 Å². The quantitative estimate of drug-likeness (QED) is 0.351. The van der Waals surface area contributed by atoms with Gasteiger partial charge in [-0.1, -0.05) is 0 Å². The average Bonchev–Trinajstić information content (AvgIpc) is 2.69. The van der Waals surface area contributed by atoms with E-state index < -0.39 is 32.3 Å². The van der Waals surface area contributed by atoms with E-state index in [0.717, 1.165) is 16.6 Å². The van der Waals surface area contributed by atoms with Crippen molar-refractivity contribution in [2.24, 2.45) is 0 Å². The van der Waals surface area contributed by atoms with Crippen molar-refractivity contribution < 1.29 is 17.6 Å². The van der Waals surface area contributed by atoms with Crippen molar-refractivity contribution in [3.05, 3.63) is 94.8 Å². The minimum absolute atomic E-state index is 0.143. The number of hydrogen-bond donors (Lipinski definition) is 0. The molecule has 0 aliphatic carbocycles. The molecule has 0 saturated heterocycles. The van der Waals surface area contributed by atoms with Gasteiger partial charge in [-0.05, 0) is 0 Å². The Bertz CT molecular complexity index is 1180. The maximum atomic E-state index is 13.3. The summed E-state index contributed by atoms with van der Waals surface area (Å²) in [5, 5.41) is 0.286. The summed E-state index contributed by atoms with van der Waals surface area (Å²) in [6, 6.07) is 21.6. The number of benzene rings is 3. The fraction of sp³-hybridized carbons (Fsp3) is 0.0455. The Hall–Kier alpha value is -2.82. The van der Waals surface area contributed by atoms with Crippen LogP contribution in [0.4, 0.5) is 13.2 Å². The number of hydrogen-bond acceptors (Lipinski definition) is 2. The first-order chi connectivity index (χ1) is 13.4. The molecule has 1 aromatic heterocycles. The third-order valence-corrected chi connectivity index (χ3v) is 6.49. The zero-order chi connectivity index (χ0) is 19.7. The van der Waals surface area contributed by atoms with Crippen molar-refractivity contribution in [3.8, 4) is 11.1 Å². The summed E-state index contributed by atoms with van der Waals surface area (Å²) in [5.41, 5.74) is 0.0398. The zero-order valence-corrected chi connectivity index (χ0v) is 16.1. The van der Waals surface area contributed by atoms with Gasteiger partial charge < -0.3 is 0 Å². The van der Waals surface area contributed by atoms with Gasteiger partial charge in [-0.25, -0.2) is 0 Å². The van der Waals surface area contributed by atoms with Crippen molar-refractivity contribution in [1.82, 2.24) is 0 Å². The molecule has 0 fully saturated rings. The molecule has 0 atom stereocenters. The monoisotopic (exact) mass is 446 g/mol. The fourth-order valence-electron chi connectivity index (χ4n) is 2.95. The van der Waals surface area contributed by atoms with Crippen LogP contribution in [0, 0.1) is 0 Å². The molecule has 1 heterocycles. The summed E-state index contributed by atoms with van der Waals surface area (Å²) >= 11 is -0.421. The van der Waals surface area contributed by atoms with Crippen LogP contribution in [0.3, 0.4) is 0 Å². The summed E-state index contributed by atoms with van der Waals surface area (Å²) < 4.78 is 46.6. The third-order valence-electron chi connectivity index (χ3n) is 4.22. The molecule has 4 rings (SSSR count). The summed E-state index contributed by atoms with van der Waals surface area (Å²) in [7, 11) is 0. The number of alkyl halides is 3. The van der Waals surface area contributed by atoms with Gasteiger partial charge in [-0.3, -0.25) is 0 Å². The van der Waals surface area contributed by atoms with Crippen LogP contribution in [0.1, 0.15) is 5.56 Å². The van der Waals surface area contributed by atoms with Gasteiger partial charge in [0.2, 0.25) is 0 Å². The van der Waals surface area contributed by atoms with Gasteiger partial charge in [-0.2, -0.15) is 0 Å². The second-order valence-electron chi connectivity index (χ2n) is 6.08. The SMILES string of the molecule is O=c1oc2ccc(C(F)(F)F)cc2c(-c2ccccc2)c1[Se]c1ccccc1. The molecule has 4 aromatic rings. The topological polar surface area (TPSA) is 30.2 Å². The fourth-order valence-corrected chi connectivity index (χ4v) is 5.02. The van der Waals surface area contributed by atoms with Crippen LogP contribution in [0.2, 0.25) is 0 Å². The molecule has 0 radical (unpaired) electrons. The molecule has 0 saturated carbocycles. The summed E-state index contributed by atoms with van der Waals surface area (Å²) in [4.78, 5) is 12.7. The van der Waals surface area contributed by atoms with Gasteiger partial charge in [0.25, 0.3) is 0 Å². The standard InChI is InChI=1S/C22H13F3O2Se/c23-22(24,25)15-11-12-18-17(13-15)19(14-7-3-1-4-8-14)20(21(26)27-18)28-16-9-5-2-6-10-16/h1-13H. The Balaban J connectivity index is 2.04. The molecule has 3 aromatic carbocycles. The maximum absolute atomic E-state index is 13.3. The van der Waals surface area contributed by atoms with Crippen molar-refractivity contribution >= 4 is 34.8 Å². The number of rotatable bonds is 3. The molecule has 0 amide bonds. The van der Waals surface area contributed by atoms with Gasteiger partial charge in [-0.15, -0.1) is 0 Å². The van der Waals surface area contributed by atoms with Crippen LogP contribution in [0.25, 0.3) is 22.1 Å². The molecule has 0 aliphatic rings. The van der Waals surface area contributed by atoms with Crippen LogP contribution in [-0.4, -0.2) is 15.0 Å². The number of fused-ring (bicyclic) bond motifs is 1. The van der Waals surface area contributed by atoms with Gasteiger partial charge in [0.15, 0.2) is 0 Å². The van der Waals surface area contributed by atoms with Crippen LogP contribution >= 0.6 is 0 Å². The second-order valence-corrected chi connectivity index (χ2v) is 8.36. The van der Waals surface area contributed by atoms with E-state index in [9.17, 15) is 18.0 Å². The van der Waals surface area contributed by atoms with E-state index in [4.69, 9.17) is 4.42 Å². The van der Waals surface area contributed by atoms with Gasteiger partial charge in [0.1, 0.15) is 0 Å². The second kappa shape index (κ2) is 7.30.